The number of rotatable bonds is 3. The quantitative estimate of drug-likeness (QED) is 0.285. The number of nitrogens with zero attached hydrogens (tertiary/aromatic N) is 2. The molecule has 0 fully saturated rings. The minimum absolute atomic E-state index is 0.107. The number of para-hydroxylation sites is 1. The van der Waals surface area contributed by atoms with Crippen LogP contribution in [0.1, 0.15) is 27.0 Å². The van der Waals surface area contributed by atoms with E-state index in [4.69, 9.17) is 0 Å². The molecule has 3 aromatic rings. The third-order valence-corrected chi connectivity index (χ3v) is 4.81. The van der Waals surface area contributed by atoms with E-state index in [1.807, 2.05) is 19.1 Å². The van der Waals surface area contributed by atoms with E-state index in [1.165, 1.54) is 12.1 Å². The maximum absolute atomic E-state index is 13.3. The zero-order valence-electron chi connectivity index (χ0n) is 15.5. The molecule has 4 rings (SSSR count). The summed E-state index contributed by atoms with van der Waals surface area (Å²) in [6.07, 6.45) is 1.48. The minimum Gasteiger partial charge on any atom is -0.268 e. The molecule has 1 heterocycles. The summed E-state index contributed by atoms with van der Waals surface area (Å²) >= 11 is 0. The fraction of sp³-hybridized carbons (Fsp3) is 0.0435. The van der Waals surface area contributed by atoms with Crippen molar-refractivity contribution in [2.24, 2.45) is 0 Å². The molecule has 142 valence electrons. The number of hydrogen-bond donors (Lipinski definition) is 0. The van der Waals surface area contributed by atoms with Crippen molar-refractivity contribution < 1.29 is 14.5 Å². The van der Waals surface area contributed by atoms with E-state index in [-0.39, 0.29) is 11.3 Å². The molecule has 3 aromatic carbocycles. The number of hydrogen-bond acceptors (Lipinski definition) is 4. The van der Waals surface area contributed by atoms with Crippen LogP contribution in [0.15, 0.2) is 72.8 Å². The summed E-state index contributed by atoms with van der Waals surface area (Å²) in [6, 6.07) is 20.0. The maximum Gasteiger partial charge on any atom is 0.276 e. The Labute approximate surface area is 166 Å². The number of nitro benzene ring substituents is 1. The summed E-state index contributed by atoms with van der Waals surface area (Å²) in [4.78, 5) is 38.4. The monoisotopic (exact) mass is 384 g/mol. The Morgan fingerprint density at radius 1 is 0.828 bits per heavy atom. The first-order valence-electron chi connectivity index (χ1n) is 8.97. The molecule has 0 atom stereocenters. The normalized spacial score (nSPS) is 14.8. The second-order valence-corrected chi connectivity index (χ2v) is 6.70. The lowest BCUT2D eigenvalue weighted by Crippen LogP contribution is -2.41. The van der Waals surface area contributed by atoms with Gasteiger partial charge in [0.05, 0.1) is 16.2 Å². The number of carbonyl (C=O) groups excluding carboxylic acids is 2. The van der Waals surface area contributed by atoms with Gasteiger partial charge >= 0.3 is 0 Å². The summed E-state index contributed by atoms with van der Waals surface area (Å²) in [6.45, 7) is 1.92. The largest absolute Gasteiger partial charge is 0.276 e. The van der Waals surface area contributed by atoms with Gasteiger partial charge in [-0.3, -0.25) is 19.7 Å². The number of fused-ring (bicyclic) bond motifs is 1. The van der Waals surface area contributed by atoms with Gasteiger partial charge in [-0.2, -0.15) is 0 Å². The fourth-order valence-corrected chi connectivity index (χ4v) is 3.35. The van der Waals surface area contributed by atoms with Gasteiger partial charge in [-0.05, 0) is 42.8 Å². The van der Waals surface area contributed by atoms with E-state index in [0.717, 1.165) is 10.5 Å². The first-order chi connectivity index (χ1) is 14.0. The summed E-state index contributed by atoms with van der Waals surface area (Å²) in [5.74, 6) is -0.940. The number of carbonyl (C=O) groups is 2. The van der Waals surface area contributed by atoms with Crippen LogP contribution in [0.25, 0.3) is 11.6 Å². The number of amides is 2. The molecule has 2 amide bonds. The van der Waals surface area contributed by atoms with E-state index in [0.29, 0.717) is 22.4 Å². The molecular weight excluding hydrogens is 368 g/mol. The Bertz CT molecular complexity index is 1180. The second kappa shape index (κ2) is 7.16. The van der Waals surface area contributed by atoms with Gasteiger partial charge in [-0.15, -0.1) is 0 Å². The molecule has 0 saturated heterocycles. The van der Waals surface area contributed by atoms with Gasteiger partial charge in [0.2, 0.25) is 0 Å². The van der Waals surface area contributed by atoms with Crippen LogP contribution in [0, 0.1) is 17.0 Å². The van der Waals surface area contributed by atoms with E-state index in [1.54, 1.807) is 54.6 Å². The van der Waals surface area contributed by atoms with Crippen LogP contribution >= 0.6 is 0 Å². The highest BCUT2D eigenvalue weighted by atomic mass is 16.6. The Morgan fingerprint density at radius 2 is 1.45 bits per heavy atom. The van der Waals surface area contributed by atoms with Crippen LogP contribution in [0.2, 0.25) is 0 Å². The first-order valence-corrected chi connectivity index (χ1v) is 8.97. The van der Waals surface area contributed by atoms with Crippen LogP contribution in [0.5, 0.6) is 0 Å². The van der Waals surface area contributed by atoms with E-state index < -0.39 is 16.7 Å². The van der Waals surface area contributed by atoms with Crippen molar-refractivity contribution in [3.05, 3.63) is 105 Å². The highest BCUT2D eigenvalue weighted by molar-refractivity contribution is 6.43. The molecule has 0 unspecified atom stereocenters. The Morgan fingerprint density at radius 3 is 2.14 bits per heavy atom. The number of anilines is 1. The smallest absolute Gasteiger partial charge is 0.268 e. The highest BCUT2D eigenvalue weighted by Gasteiger charge is 2.36. The van der Waals surface area contributed by atoms with E-state index >= 15 is 0 Å². The van der Waals surface area contributed by atoms with Gasteiger partial charge in [-0.1, -0.05) is 48.0 Å². The Kier molecular flexibility index (Phi) is 4.52. The zero-order chi connectivity index (χ0) is 20.5. The number of imide groups is 1. The lowest BCUT2D eigenvalue weighted by molar-refractivity contribution is -0.385. The maximum atomic E-state index is 13.3. The molecule has 0 radical (unpaired) electrons. The topological polar surface area (TPSA) is 80.5 Å². The standard InChI is InChI=1S/C23H16N2O4/c1-15-10-12-17(13-11-15)24-22(26)19-8-4-3-7-18(19)20(23(24)27)14-16-6-2-5-9-21(16)25(28)29/h2-14H,1H3/b20-14-. The van der Waals surface area contributed by atoms with Crippen molar-refractivity contribution in [2.75, 3.05) is 4.90 Å². The molecule has 0 spiro atoms. The van der Waals surface area contributed by atoms with Gasteiger partial charge in [-0.25, -0.2) is 4.90 Å². The molecule has 0 bridgehead atoms. The third kappa shape index (κ3) is 3.21. The molecule has 0 aromatic heterocycles. The molecule has 0 aliphatic carbocycles. The van der Waals surface area contributed by atoms with Crippen molar-refractivity contribution in [2.45, 2.75) is 6.92 Å². The summed E-state index contributed by atoms with van der Waals surface area (Å²) in [5.41, 5.74) is 2.71. The second-order valence-electron chi connectivity index (χ2n) is 6.70. The van der Waals surface area contributed by atoms with Crippen LogP contribution < -0.4 is 4.90 Å². The summed E-state index contributed by atoms with van der Waals surface area (Å²) < 4.78 is 0. The predicted octanol–water partition coefficient (Wildman–Crippen LogP) is 4.63. The molecule has 0 N–H and O–H groups in total. The lowest BCUT2D eigenvalue weighted by Gasteiger charge is -2.28. The molecule has 1 aliphatic rings. The molecule has 1 aliphatic heterocycles. The van der Waals surface area contributed by atoms with Crippen molar-refractivity contribution in [3.63, 3.8) is 0 Å². The van der Waals surface area contributed by atoms with Gasteiger partial charge in [0, 0.05) is 17.2 Å². The first kappa shape index (κ1) is 18.3. The Hall–Kier alpha value is -4.06. The van der Waals surface area contributed by atoms with Crippen molar-refractivity contribution in [1.82, 2.24) is 0 Å². The van der Waals surface area contributed by atoms with Gasteiger partial charge in [0.1, 0.15) is 0 Å². The van der Waals surface area contributed by atoms with E-state index in [9.17, 15) is 19.7 Å². The summed E-state index contributed by atoms with van der Waals surface area (Å²) in [5, 5.41) is 11.4. The van der Waals surface area contributed by atoms with Crippen molar-refractivity contribution in [1.29, 1.82) is 0 Å². The average molecular weight is 384 g/mol. The molecule has 6 heteroatoms. The highest BCUT2D eigenvalue weighted by Crippen LogP contribution is 2.34. The minimum atomic E-state index is -0.518. The van der Waals surface area contributed by atoms with Gasteiger partial charge in [0.15, 0.2) is 0 Å². The van der Waals surface area contributed by atoms with E-state index in [2.05, 4.69) is 0 Å². The zero-order valence-corrected chi connectivity index (χ0v) is 15.5. The van der Waals surface area contributed by atoms with Crippen molar-refractivity contribution in [3.8, 4) is 0 Å². The molecule has 6 nitrogen and oxygen atoms in total. The number of aryl methyl sites for hydroxylation is 1. The molecule has 0 saturated carbocycles. The van der Waals surface area contributed by atoms with Gasteiger partial charge < -0.3 is 0 Å². The molecule has 29 heavy (non-hydrogen) atoms. The van der Waals surface area contributed by atoms with Crippen LogP contribution in [-0.2, 0) is 4.79 Å². The number of benzene rings is 3. The van der Waals surface area contributed by atoms with Crippen LogP contribution in [0.3, 0.4) is 0 Å². The summed E-state index contributed by atoms with van der Waals surface area (Å²) in [7, 11) is 0. The Balaban J connectivity index is 1.93. The van der Waals surface area contributed by atoms with Crippen molar-refractivity contribution >= 4 is 34.8 Å². The SMILES string of the molecule is Cc1ccc(N2C(=O)/C(=C\c3ccccc3[N+](=O)[O-])c3ccccc3C2=O)cc1. The van der Waals surface area contributed by atoms with Crippen LogP contribution in [0.4, 0.5) is 11.4 Å². The van der Waals surface area contributed by atoms with Crippen LogP contribution in [-0.4, -0.2) is 16.7 Å². The third-order valence-electron chi connectivity index (χ3n) is 4.81. The fourth-order valence-electron chi connectivity index (χ4n) is 3.35. The van der Waals surface area contributed by atoms with Gasteiger partial charge in [0.25, 0.3) is 17.5 Å². The predicted molar refractivity (Wildman–Crippen MR) is 110 cm³/mol. The lowest BCUT2D eigenvalue weighted by atomic mass is 9.91. The molecular formula is C23H16N2O4. The number of nitro groups is 1. The average Bonchev–Trinajstić information content (AvgIpc) is 2.73.